The summed E-state index contributed by atoms with van der Waals surface area (Å²) in [7, 11) is 0. The summed E-state index contributed by atoms with van der Waals surface area (Å²) in [6.45, 7) is 1.65. The van der Waals surface area contributed by atoms with E-state index in [1.807, 2.05) is 30.3 Å². The van der Waals surface area contributed by atoms with Gasteiger partial charge in [-0.05, 0) is 18.4 Å². The minimum Gasteiger partial charge on any atom is -0.447 e. The van der Waals surface area contributed by atoms with Crippen LogP contribution in [0.2, 0.25) is 0 Å². The van der Waals surface area contributed by atoms with Gasteiger partial charge in [0.2, 0.25) is 0 Å². The Kier molecular flexibility index (Phi) is 3.68. The Hall–Kier alpha value is -2.24. The van der Waals surface area contributed by atoms with Gasteiger partial charge in [0.1, 0.15) is 13.2 Å². The Balaban J connectivity index is 1.56. The molecular weight excluding hydrogens is 272 g/mol. The summed E-state index contributed by atoms with van der Waals surface area (Å²) in [6.07, 6.45) is 0.888. The average molecular weight is 290 g/mol. The number of hydrogen-bond donors (Lipinski definition) is 1. The van der Waals surface area contributed by atoms with Crippen LogP contribution in [0.5, 0.6) is 0 Å². The van der Waals surface area contributed by atoms with Crippen molar-refractivity contribution >= 4 is 12.2 Å². The van der Waals surface area contributed by atoms with Crippen LogP contribution in [0.15, 0.2) is 30.3 Å². The molecule has 1 aromatic carbocycles. The van der Waals surface area contributed by atoms with Crippen LogP contribution in [0.25, 0.3) is 0 Å². The predicted octanol–water partition coefficient (Wildman–Crippen LogP) is 1.90. The van der Waals surface area contributed by atoms with E-state index in [4.69, 9.17) is 9.47 Å². The third kappa shape index (κ3) is 3.09. The summed E-state index contributed by atoms with van der Waals surface area (Å²) in [5.41, 5.74) is 0.510. The molecule has 1 aromatic rings. The minimum absolute atomic E-state index is 0.256. The van der Waals surface area contributed by atoms with E-state index in [1.54, 1.807) is 4.90 Å². The highest BCUT2D eigenvalue weighted by molar-refractivity contribution is 5.72. The number of alkyl carbamates (subject to hydrolysis) is 1. The van der Waals surface area contributed by atoms with Crippen LogP contribution in [-0.4, -0.2) is 42.3 Å². The van der Waals surface area contributed by atoms with Gasteiger partial charge in [0, 0.05) is 6.54 Å². The Morgan fingerprint density at radius 3 is 2.90 bits per heavy atom. The topological polar surface area (TPSA) is 67.9 Å². The number of nitrogens with zero attached hydrogens (tertiary/aromatic N) is 1. The van der Waals surface area contributed by atoms with Crippen LogP contribution >= 0.6 is 0 Å². The van der Waals surface area contributed by atoms with E-state index in [9.17, 15) is 9.59 Å². The molecule has 2 aliphatic heterocycles. The molecule has 2 heterocycles. The van der Waals surface area contributed by atoms with Crippen molar-refractivity contribution in [2.45, 2.75) is 25.0 Å². The summed E-state index contributed by atoms with van der Waals surface area (Å²) in [5, 5.41) is 2.82. The van der Waals surface area contributed by atoms with Crippen molar-refractivity contribution in [2.75, 3.05) is 19.7 Å². The lowest BCUT2D eigenvalue weighted by Crippen LogP contribution is -2.57. The van der Waals surface area contributed by atoms with Gasteiger partial charge in [0.05, 0.1) is 12.1 Å². The van der Waals surface area contributed by atoms with E-state index in [1.165, 1.54) is 0 Å². The van der Waals surface area contributed by atoms with Crippen LogP contribution in [0.3, 0.4) is 0 Å². The van der Waals surface area contributed by atoms with Crippen molar-refractivity contribution in [2.24, 2.45) is 0 Å². The smallest absolute Gasteiger partial charge is 0.410 e. The molecule has 0 radical (unpaired) electrons. The molecule has 2 amide bonds. The number of nitrogens with one attached hydrogen (secondary N) is 1. The van der Waals surface area contributed by atoms with Gasteiger partial charge in [-0.3, -0.25) is 0 Å². The SMILES string of the molecule is O=C1NC2(CCCN(C(=O)OCc3ccccc3)C2)CO1. The van der Waals surface area contributed by atoms with Gasteiger partial charge in [0.25, 0.3) is 0 Å². The lowest BCUT2D eigenvalue weighted by atomic mass is 9.91. The number of carbonyl (C=O) groups is 2. The van der Waals surface area contributed by atoms with Crippen molar-refractivity contribution in [3.05, 3.63) is 35.9 Å². The monoisotopic (exact) mass is 290 g/mol. The first kappa shape index (κ1) is 13.7. The fourth-order valence-electron chi connectivity index (χ4n) is 2.81. The maximum Gasteiger partial charge on any atom is 0.410 e. The summed E-state index contributed by atoms with van der Waals surface area (Å²) >= 11 is 0. The molecule has 6 nitrogen and oxygen atoms in total. The normalized spacial score (nSPS) is 24.6. The molecule has 1 atom stereocenters. The van der Waals surface area contributed by atoms with Gasteiger partial charge in [-0.15, -0.1) is 0 Å². The first-order valence-electron chi connectivity index (χ1n) is 7.07. The zero-order valence-corrected chi connectivity index (χ0v) is 11.7. The zero-order chi connectivity index (χ0) is 14.7. The van der Waals surface area contributed by atoms with Crippen LogP contribution < -0.4 is 5.32 Å². The van der Waals surface area contributed by atoms with E-state index >= 15 is 0 Å². The van der Waals surface area contributed by atoms with Gasteiger partial charge < -0.3 is 19.7 Å². The van der Waals surface area contributed by atoms with Crippen molar-refractivity contribution in [1.82, 2.24) is 10.2 Å². The molecule has 1 unspecified atom stereocenters. The summed E-state index contributed by atoms with van der Waals surface area (Å²) in [6, 6.07) is 9.56. The Morgan fingerprint density at radius 1 is 1.38 bits per heavy atom. The molecule has 112 valence electrons. The van der Waals surface area contributed by atoms with Crippen molar-refractivity contribution in [1.29, 1.82) is 0 Å². The second-order valence-corrected chi connectivity index (χ2v) is 5.55. The quantitative estimate of drug-likeness (QED) is 0.903. The Morgan fingerprint density at radius 2 is 2.19 bits per heavy atom. The number of cyclic esters (lactones) is 1. The lowest BCUT2D eigenvalue weighted by Gasteiger charge is -2.37. The zero-order valence-electron chi connectivity index (χ0n) is 11.7. The fourth-order valence-corrected chi connectivity index (χ4v) is 2.81. The summed E-state index contributed by atoms with van der Waals surface area (Å²) in [4.78, 5) is 25.0. The maximum atomic E-state index is 12.1. The molecule has 1 spiro atoms. The number of likely N-dealkylation sites (tertiary alicyclic amines) is 1. The summed E-state index contributed by atoms with van der Waals surface area (Å²) < 4.78 is 10.3. The second kappa shape index (κ2) is 5.63. The molecular formula is C15H18N2O4. The summed E-state index contributed by atoms with van der Waals surface area (Å²) in [5.74, 6) is 0. The minimum atomic E-state index is -0.443. The average Bonchev–Trinajstić information content (AvgIpc) is 2.86. The highest BCUT2D eigenvalue weighted by Gasteiger charge is 2.44. The number of amides is 2. The first-order valence-corrected chi connectivity index (χ1v) is 7.07. The second-order valence-electron chi connectivity index (χ2n) is 5.55. The molecule has 0 saturated carbocycles. The largest absolute Gasteiger partial charge is 0.447 e. The van der Waals surface area contributed by atoms with Crippen molar-refractivity contribution in [3.63, 3.8) is 0 Å². The fraction of sp³-hybridized carbons (Fsp3) is 0.467. The number of piperidine rings is 1. The predicted molar refractivity (Wildman–Crippen MR) is 74.6 cm³/mol. The van der Waals surface area contributed by atoms with E-state index in [0.29, 0.717) is 19.7 Å². The van der Waals surface area contributed by atoms with E-state index in [2.05, 4.69) is 5.32 Å². The molecule has 6 heteroatoms. The van der Waals surface area contributed by atoms with Gasteiger partial charge in [0.15, 0.2) is 0 Å². The molecule has 0 aromatic heterocycles. The van der Waals surface area contributed by atoms with Crippen molar-refractivity contribution < 1.29 is 19.1 Å². The van der Waals surface area contributed by atoms with Crippen LogP contribution in [0.1, 0.15) is 18.4 Å². The molecule has 0 aliphatic carbocycles. The molecule has 2 fully saturated rings. The number of hydrogen-bond acceptors (Lipinski definition) is 4. The van der Waals surface area contributed by atoms with Gasteiger partial charge in [-0.25, -0.2) is 9.59 Å². The standard InChI is InChI=1S/C15H18N2O4/c18-13-16-15(11-21-13)7-4-8-17(10-15)14(19)20-9-12-5-2-1-3-6-12/h1-3,5-6H,4,7-11H2,(H,16,18). The van der Waals surface area contributed by atoms with Gasteiger partial charge in [-0.1, -0.05) is 30.3 Å². The van der Waals surface area contributed by atoms with Gasteiger partial charge >= 0.3 is 12.2 Å². The number of ether oxygens (including phenoxy) is 2. The molecule has 2 saturated heterocycles. The van der Waals surface area contributed by atoms with Crippen molar-refractivity contribution in [3.8, 4) is 0 Å². The molecule has 2 aliphatic rings. The highest BCUT2D eigenvalue weighted by Crippen LogP contribution is 2.25. The Labute approximate surface area is 123 Å². The van der Waals surface area contributed by atoms with Crippen LogP contribution in [-0.2, 0) is 16.1 Å². The highest BCUT2D eigenvalue weighted by atomic mass is 16.6. The Bertz CT molecular complexity index is 534. The molecule has 0 bridgehead atoms. The maximum absolute atomic E-state index is 12.1. The van der Waals surface area contributed by atoms with E-state index in [-0.39, 0.29) is 12.7 Å². The van der Waals surface area contributed by atoms with Gasteiger partial charge in [-0.2, -0.15) is 0 Å². The third-order valence-electron chi connectivity index (χ3n) is 3.89. The van der Waals surface area contributed by atoms with Crippen LogP contribution in [0.4, 0.5) is 9.59 Å². The number of rotatable bonds is 2. The van der Waals surface area contributed by atoms with Crippen LogP contribution in [0, 0.1) is 0 Å². The lowest BCUT2D eigenvalue weighted by molar-refractivity contribution is 0.0663. The van der Waals surface area contributed by atoms with E-state index in [0.717, 1.165) is 18.4 Å². The number of carbonyl (C=O) groups excluding carboxylic acids is 2. The van der Waals surface area contributed by atoms with E-state index < -0.39 is 11.6 Å². The third-order valence-corrected chi connectivity index (χ3v) is 3.89. The molecule has 1 N–H and O–H groups in total. The molecule has 3 rings (SSSR count). The number of benzene rings is 1. The molecule has 21 heavy (non-hydrogen) atoms. The first-order chi connectivity index (χ1) is 10.2.